The molecule has 1 aliphatic heterocycles. The summed E-state index contributed by atoms with van der Waals surface area (Å²) in [7, 11) is -3.53. The quantitative estimate of drug-likeness (QED) is 0.698. The van der Waals surface area contributed by atoms with Crippen molar-refractivity contribution in [3.8, 4) is 0 Å². The fourth-order valence-electron chi connectivity index (χ4n) is 3.10. The van der Waals surface area contributed by atoms with Gasteiger partial charge in [-0.3, -0.25) is 9.08 Å². The minimum absolute atomic E-state index is 0.0624. The fraction of sp³-hybridized carbons (Fsp3) is 0.938. The molecule has 2 fully saturated rings. The number of carbonyl (C=O) groups is 1. The third-order valence-corrected chi connectivity index (χ3v) is 4.87. The van der Waals surface area contributed by atoms with Crippen molar-refractivity contribution < 1.29 is 26.9 Å². The van der Waals surface area contributed by atoms with E-state index in [1.807, 2.05) is 34.6 Å². The summed E-state index contributed by atoms with van der Waals surface area (Å²) in [6.45, 7) is 9.49. The minimum atomic E-state index is -3.53. The van der Waals surface area contributed by atoms with E-state index in [1.165, 1.54) is 0 Å². The molecule has 1 amide bonds. The van der Waals surface area contributed by atoms with Crippen molar-refractivity contribution in [2.75, 3.05) is 19.5 Å². The average molecular weight is 363 g/mol. The predicted octanol–water partition coefficient (Wildman–Crippen LogP) is 2.36. The van der Waals surface area contributed by atoms with Gasteiger partial charge in [-0.2, -0.15) is 8.42 Å². The molecule has 0 aromatic carbocycles. The molecule has 24 heavy (non-hydrogen) atoms. The molecule has 0 bridgehead atoms. The van der Waals surface area contributed by atoms with Crippen LogP contribution in [0, 0.1) is 11.8 Å². The van der Waals surface area contributed by atoms with E-state index in [0.717, 1.165) is 19.1 Å². The molecule has 0 radical (unpaired) electrons. The van der Waals surface area contributed by atoms with Crippen molar-refractivity contribution in [2.45, 2.75) is 64.8 Å². The number of ether oxygens (including phenoxy) is 2. The molecule has 7 nitrogen and oxygen atoms in total. The van der Waals surface area contributed by atoms with Gasteiger partial charge in [0.1, 0.15) is 11.3 Å². The van der Waals surface area contributed by atoms with Crippen molar-refractivity contribution in [2.24, 2.45) is 11.8 Å². The van der Waals surface area contributed by atoms with Gasteiger partial charge in [0.2, 0.25) is 0 Å². The van der Waals surface area contributed by atoms with Crippen LogP contribution in [0.15, 0.2) is 0 Å². The summed E-state index contributed by atoms with van der Waals surface area (Å²) < 4.78 is 39.1. The Balaban J connectivity index is 2.19. The molecule has 8 heteroatoms. The van der Waals surface area contributed by atoms with Gasteiger partial charge in [-0.1, -0.05) is 0 Å². The summed E-state index contributed by atoms with van der Waals surface area (Å²) in [4.78, 5) is 14.3. The maximum Gasteiger partial charge on any atom is 0.412 e. The van der Waals surface area contributed by atoms with E-state index >= 15 is 0 Å². The molecule has 140 valence electrons. The van der Waals surface area contributed by atoms with E-state index in [2.05, 4.69) is 0 Å². The van der Waals surface area contributed by atoms with Crippen LogP contribution in [0.4, 0.5) is 4.79 Å². The minimum Gasteiger partial charge on any atom is -0.444 e. The van der Waals surface area contributed by atoms with Crippen LogP contribution < -0.4 is 0 Å². The van der Waals surface area contributed by atoms with Crippen molar-refractivity contribution >= 4 is 16.2 Å². The highest BCUT2D eigenvalue weighted by Gasteiger charge is 2.51. The fourth-order valence-corrected chi connectivity index (χ4v) is 3.51. The summed E-state index contributed by atoms with van der Waals surface area (Å²) in [5.41, 5.74) is -1.41. The monoisotopic (exact) mass is 363 g/mol. The smallest absolute Gasteiger partial charge is 0.412 e. The van der Waals surface area contributed by atoms with Gasteiger partial charge < -0.3 is 9.47 Å². The number of carbonyl (C=O) groups excluding carboxylic acids is 1. The van der Waals surface area contributed by atoms with E-state index in [9.17, 15) is 13.2 Å². The van der Waals surface area contributed by atoms with Crippen LogP contribution >= 0.6 is 0 Å². The number of hydrogen-bond acceptors (Lipinski definition) is 6. The Labute approximate surface area is 144 Å². The van der Waals surface area contributed by atoms with Crippen LogP contribution in [0.5, 0.6) is 0 Å². The Hall–Kier alpha value is -0.860. The summed E-state index contributed by atoms with van der Waals surface area (Å²) in [5.74, 6) is 0.258. The summed E-state index contributed by atoms with van der Waals surface area (Å²) >= 11 is 0. The van der Waals surface area contributed by atoms with Gasteiger partial charge in [0.25, 0.3) is 10.1 Å². The molecular weight excluding hydrogens is 334 g/mol. The molecule has 1 saturated carbocycles. The van der Waals surface area contributed by atoms with E-state index in [0.29, 0.717) is 12.5 Å². The van der Waals surface area contributed by atoms with Gasteiger partial charge in [0, 0.05) is 5.92 Å². The van der Waals surface area contributed by atoms with Crippen LogP contribution in [-0.2, 0) is 23.8 Å². The Bertz CT molecular complexity index is 576. The number of nitrogens with zero attached hydrogens (tertiary/aromatic N) is 1. The summed E-state index contributed by atoms with van der Waals surface area (Å²) in [6.07, 6.45) is 2.62. The summed E-state index contributed by atoms with van der Waals surface area (Å²) in [6, 6.07) is -0.260. The molecule has 1 saturated heterocycles. The second kappa shape index (κ2) is 6.46. The molecule has 0 N–H and O–H groups in total. The average Bonchev–Trinajstić information content (AvgIpc) is 3.11. The number of amides is 1. The first-order chi connectivity index (χ1) is 10.8. The lowest BCUT2D eigenvalue weighted by Gasteiger charge is -2.37. The predicted molar refractivity (Wildman–Crippen MR) is 88.9 cm³/mol. The van der Waals surface area contributed by atoms with E-state index in [1.54, 1.807) is 4.90 Å². The van der Waals surface area contributed by atoms with E-state index in [-0.39, 0.29) is 18.6 Å². The Morgan fingerprint density at radius 3 is 2.38 bits per heavy atom. The van der Waals surface area contributed by atoms with Gasteiger partial charge >= 0.3 is 6.09 Å². The zero-order valence-electron chi connectivity index (χ0n) is 15.4. The second-order valence-electron chi connectivity index (χ2n) is 8.17. The van der Waals surface area contributed by atoms with E-state index < -0.39 is 27.5 Å². The van der Waals surface area contributed by atoms with Crippen molar-refractivity contribution in [1.82, 2.24) is 4.90 Å². The first-order valence-corrected chi connectivity index (χ1v) is 10.1. The maximum absolute atomic E-state index is 12.7. The highest BCUT2D eigenvalue weighted by atomic mass is 32.2. The standard InChI is InChI=1S/C16H29NO6S/c1-15(2,3)23-14(18)17-13(10-21-16(17,4)5)12(11-7-8-11)9-22-24(6,19)20/h11-13H,7-10H2,1-6H3/t12?,13-/m1/s1. The molecule has 0 aromatic rings. The van der Waals surface area contributed by atoms with Crippen molar-refractivity contribution in [3.05, 3.63) is 0 Å². The maximum atomic E-state index is 12.7. The third kappa shape index (κ3) is 5.07. The molecule has 2 rings (SSSR count). The van der Waals surface area contributed by atoms with Gasteiger partial charge in [0.05, 0.1) is 25.5 Å². The summed E-state index contributed by atoms with van der Waals surface area (Å²) in [5, 5.41) is 0. The van der Waals surface area contributed by atoms with Crippen LogP contribution in [0.2, 0.25) is 0 Å². The van der Waals surface area contributed by atoms with E-state index in [4.69, 9.17) is 13.7 Å². The topological polar surface area (TPSA) is 82.1 Å². The number of hydrogen-bond donors (Lipinski definition) is 0. The zero-order chi connectivity index (χ0) is 18.3. The molecule has 1 unspecified atom stereocenters. The molecule has 1 heterocycles. The van der Waals surface area contributed by atoms with Crippen molar-refractivity contribution in [3.63, 3.8) is 0 Å². The Morgan fingerprint density at radius 1 is 1.33 bits per heavy atom. The molecule has 1 aliphatic carbocycles. The van der Waals surface area contributed by atoms with Gasteiger partial charge in [-0.15, -0.1) is 0 Å². The first-order valence-electron chi connectivity index (χ1n) is 8.31. The van der Waals surface area contributed by atoms with Gasteiger partial charge in [0.15, 0.2) is 0 Å². The highest BCUT2D eigenvalue weighted by molar-refractivity contribution is 7.85. The molecule has 0 spiro atoms. The molecular formula is C16H29NO6S. The third-order valence-electron chi connectivity index (χ3n) is 4.31. The Kier molecular flexibility index (Phi) is 5.24. The van der Waals surface area contributed by atoms with Crippen LogP contribution in [0.25, 0.3) is 0 Å². The lowest BCUT2D eigenvalue weighted by atomic mass is 9.94. The normalized spacial score (nSPS) is 25.6. The Morgan fingerprint density at radius 2 is 1.92 bits per heavy atom. The lowest BCUT2D eigenvalue weighted by molar-refractivity contribution is -0.0654. The second-order valence-corrected chi connectivity index (χ2v) is 9.81. The largest absolute Gasteiger partial charge is 0.444 e. The molecule has 0 aromatic heterocycles. The zero-order valence-corrected chi connectivity index (χ0v) is 16.2. The lowest BCUT2D eigenvalue weighted by Crippen LogP contribution is -2.53. The number of rotatable bonds is 5. The van der Waals surface area contributed by atoms with Gasteiger partial charge in [-0.25, -0.2) is 4.79 Å². The highest BCUT2D eigenvalue weighted by Crippen LogP contribution is 2.44. The molecule has 2 atom stereocenters. The SMILES string of the molecule is CC(C)(C)OC(=O)N1[C@@H](C(COS(C)(=O)=O)C2CC2)COC1(C)C. The van der Waals surface area contributed by atoms with Crippen LogP contribution in [0.3, 0.4) is 0 Å². The van der Waals surface area contributed by atoms with Crippen LogP contribution in [0.1, 0.15) is 47.5 Å². The van der Waals surface area contributed by atoms with Gasteiger partial charge in [-0.05, 0) is 53.4 Å². The molecule has 2 aliphatic rings. The van der Waals surface area contributed by atoms with Crippen molar-refractivity contribution in [1.29, 1.82) is 0 Å². The first kappa shape index (κ1) is 19.5. The van der Waals surface area contributed by atoms with Crippen LogP contribution in [-0.4, -0.2) is 56.2 Å².